The fraction of sp³-hybridized carbons (Fsp3) is 0.370. The van der Waals surface area contributed by atoms with E-state index in [-0.39, 0.29) is 11.8 Å². The van der Waals surface area contributed by atoms with Crippen LogP contribution < -0.4 is 10.1 Å². The number of carbonyl (C=O) groups is 2. The fourth-order valence-corrected chi connectivity index (χ4v) is 5.27. The molecule has 2 amide bonds. The van der Waals surface area contributed by atoms with Crippen molar-refractivity contribution in [2.45, 2.75) is 49.6 Å². The molecule has 1 saturated carbocycles. The SMILES string of the molecule is COc1ccc(-n2ccc(CNC(=O)c3ccccc3SCC(=O)N(C)C3CCCCC3)n2)cc1. The quantitative estimate of drug-likeness (QED) is 0.439. The Morgan fingerprint density at radius 2 is 1.83 bits per heavy atom. The molecule has 1 aromatic heterocycles. The highest BCUT2D eigenvalue weighted by Gasteiger charge is 2.22. The lowest BCUT2D eigenvalue weighted by atomic mass is 9.94. The van der Waals surface area contributed by atoms with Crippen molar-refractivity contribution in [3.63, 3.8) is 0 Å². The summed E-state index contributed by atoms with van der Waals surface area (Å²) in [6.45, 7) is 0.310. The van der Waals surface area contributed by atoms with Crippen molar-refractivity contribution in [2.75, 3.05) is 19.9 Å². The van der Waals surface area contributed by atoms with Crippen molar-refractivity contribution in [1.29, 1.82) is 0 Å². The molecular weight excluding hydrogens is 460 g/mol. The van der Waals surface area contributed by atoms with Crippen molar-refractivity contribution in [3.05, 3.63) is 72.1 Å². The molecule has 3 aromatic rings. The van der Waals surface area contributed by atoms with Gasteiger partial charge in [0.25, 0.3) is 5.91 Å². The third-order valence-electron chi connectivity index (χ3n) is 6.41. The Balaban J connectivity index is 1.33. The van der Waals surface area contributed by atoms with E-state index in [1.54, 1.807) is 17.9 Å². The first-order valence-corrected chi connectivity index (χ1v) is 13.0. The lowest BCUT2D eigenvalue weighted by molar-refractivity contribution is -0.129. The topological polar surface area (TPSA) is 76.5 Å². The van der Waals surface area contributed by atoms with E-state index in [1.165, 1.54) is 31.0 Å². The number of amides is 2. The van der Waals surface area contributed by atoms with Crippen LogP contribution >= 0.6 is 11.8 Å². The van der Waals surface area contributed by atoms with E-state index < -0.39 is 0 Å². The summed E-state index contributed by atoms with van der Waals surface area (Å²) in [7, 11) is 3.54. The van der Waals surface area contributed by atoms with Crippen molar-refractivity contribution >= 4 is 23.6 Å². The standard InChI is InChI=1S/C27H32N4O3S/c1-30(21-8-4-3-5-9-21)26(32)19-35-25-11-7-6-10-24(25)27(33)28-18-20-16-17-31(29-20)22-12-14-23(34-2)15-13-22/h6-7,10-17,21H,3-5,8-9,18-19H2,1-2H3,(H,28,33). The maximum Gasteiger partial charge on any atom is 0.252 e. The van der Waals surface area contributed by atoms with E-state index in [0.29, 0.717) is 23.9 Å². The smallest absolute Gasteiger partial charge is 0.252 e. The summed E-state index contributed by atoms with van der Waals surface area (Å²) in [5, 5.41) is 7.51. The second kappa shape index (κ2) is 11.9. The molecule has 0 aliphatic heterocycles. The van der Waals surface area contributed by atoms with Gasteiger partial charge < -0.3 is 15.0 Å². The molecule has 1 N–H and O–H groups in total. The van der Waals surface area contributed by atoms with Gasteiger partial charge in [-0.25, -0.2) is 4.68 Å². The summed E-state index contributed by atoms with van der Waals surface area (Å²) in [5.74, 6) is 1.04. The number of aromatic nitrogens is 2. The molecule has 0 atom stereocenters. The van der Waals surface area contributed by atoms with Gasteiger partial charge in [-0.1, -0.05) is 31.4 Å². The molecule has 0 unspecified atom stereocenters. The second-order valence-electron chi connectivity index (χ2n) is 8.71. The number of nitrogens with one attached hydrogen (secondary N) is 1. The first-order chi connectivity index (χ1) is 17.0. The summed E-state index contributed by atoms with van der Waals surface area (Å²) in [5.41, 5.74) is 2.23. The van der Waals surface area contributed by atoms with Gasteiger partial charge in [0, 0.05) is 24.2 Å². The number of hydrogen-bond donors (Lipinski definition) is 1. The van der Waals surface area contributed by atoms with Gasteiger partial charge in [-0.3, -0.25) is 9.59 Å². The Bertz CT molecular complexity index is 1140. The third kappa shape index (κ3) is 6.45. The summed E-state index contributed by atoms with van der Waals surface area (Å²) < 4.78 is 6.96. The van der Waals surface area contributed by atoms with Gasteiger partial charge in [-0.2, -0.15) is 5.10 Å². The third-order valence-corrected chi connectivity index (χ3v) is 7.47. The van der Waals surface area contributed by atoms with E-state index in [4.69, 9.17) is 4.74 Å². The zero-order valence-corrected chi connectivity index (χ0v) is 21.1. The van der Waals surface area contributed by atoms with Crippen LogP contribution in [-0.4, -0.2) is 52.4 Å². The Labute approximate surface area is 210 Å². The predicted molar refractivity (Wildman–Crippen MR) is 138 cm³/mol. The van der Waals surface area contributed by atoms with Crippen LogP contribution in [0.3, 0.4) is 0 Å². The van der Waals surface area contributed by atoms with Crippen LogP contribution in [-0.2, 0) is 11.3 Å². The van der Waals surface area contributed by atoms with Gasteiger partial charge in [0.1, 0.15) is 5.75 Å². The number of nitrogens with zero attached hydrogens (tertiary/aromatic N) is 3. The van der Waals surface area contributed by atoms with Crippen LogP contribution in [0, 0.1) is 0 Å². The van der Waals surface area contributed by atoms with Crippen LogP contribution in [0.1, 0.15) is 48.2 Å². The summed E-state index contributed by atoms with van der Waals surface area (Å²) in [4.78, 5) is 28.4. The van der Waals surface area contributed by atoms with Crippen molar-refractivity contribution in [1.82, 2.24) is 20.0 Å². The molecule has 1 aliphatic rings. The van der Waals surface area contributed by atoms with E-state index >= 15 is 0 Å². The number of thioether (sulfide) groups is 1. The molecule has 4 rings (SSSR count). The first-order valence-electron chi connectivity index (χ1n) is 12.0. The minimum absolute atomic E-state index is 0.112. The normalized spacial score (nSPS) is 13.9. The maximum absolute atomic E-state index is 12.9. The molecule has 2 aromatic carbocycles. The van der Waals surface area contributed by atoms with Gasteiger partial charge in [0.05, 0.1) is 36.4 Å². The van der Waals surface area contributed by atoms with Crippen molar-refractivity contribution in [3.8, 4) is 11.4 Å². The Morgan fingerprint density at radius 3 is 2.57 bits per heavy atom. The molecule has 0 bridgehead atoms. The number of methoxy groups -OCH3 is 1. The van der Waals surface area contributed by atoms with Gasteiger partial charge in [-0.15, -0.1) is 11.8 Å². The summed E-state index contributed by atoms with van der Waals surface area (Å²) >= 11 is 1.42. The molecule has 1 heterocycles. The number of benzene rings is 2. The molecule has 0 radical (unpaired) electrons. The molecule has 0 spiro atoms. The fourth-order valence-electron chi connectivity index (χ4n) is 4.29. The van der Waals surface area contributed by atoms with Gasteiger partial charge in [0.15, 0.2) is 0 Å². The maximum atomic E-state index is 12.9. The van der Waals surface area contributed by atoms with E-state index in [0.717, 1.165) is 34.9 Å². The molecule has 0 saturated heterocycles. The Hall–Kier alpha value is -3.26. The highest BCUT2D eigenvalue weighted by Crippen LogP contribution is 2.26. The van der Waals surface area contributed by atoms with E-state index in [1.807, 2.05) is 66.7 Å². The number of rotatable bonds is 9. The molecular formula is C27H32N4O3S. The zero-order valence-electron chi connectivity index (χ0n) is 20.3. The monoisotopic (exact) mass is 492 g/mol. The van der Waals surface area contributed by atoms with Crippen LogP contribution in [0.4, 0.5) is 0 Å². The lowest BCUT2D eigenvalue weighted by Gasteiger charge is -2.31. The van der Waals surface area contributed by atoms with Crippen LogP contribution in [0.25, 0.3) is 5.69 Å². The molecule has 1 fully saturated rings. The van der Waals surface area contributed by atoms with E-state index in [2.05, 4.69) is 10.4 Å². The molecule has 184 valence electrons. The van der Waals surface area contributed by atoms with Gasteiger partial charge in [0.2, 0.25) is 5.91 Å². The summed E-state index contributed by atoms with van der Waals surface area (Å²) in [6, 6.07) is 17.3. The predicted octanol–water partition coefficient (Wildman–Crippen LogP) is 4.69. The van der Waals surface area contributed by atoms with Crippen LogP contribution in [0.5, 0.6) is 5.75 Å². The molecule has 1 aliphatic carbocycles. The highest BCUT2D eigenvalue weighted by molar-refractivity contribution is 8.00. The van der Waals surface area contributed by atoms with Crippen molar-refractivity contribution < 1.29 is 14.3 Å². The second-order valence-corrected chi connectivity index (χ2v) is 9.73. The largest absolute Gasteiger partial charge is 0.497 e. The van der Waals surface area contributed by atoms with Gasteiger partial charge >= 0.3 is 0 Å². The minimum Gasteiger partial charge on any atom is -0.497 e. The zero-order chi connectivity index (χ0) is 24.6. The lowest BCUT2D eigenvalue weighted by Crippen LogP contribution is -2.39. The average molecular weight is 493 g/mol. The average Bonchev–Trinajstić information content (AvgIpc) is 3.39. The molecule has 8 heteroatoms. The minimum atomic E-state index is -0.180. The number of carbonyl (C=O) groups excluding carboxylic acids is 2. The van der Waals surface area contributed by atoms with Crippen LogP contribution in [0.15, 0.2) is 65.7 Å². The Morgan fingerprint density at radius 1 is 1.09 bits per heavy atom. The summed E-state index contributed by atoms with van der Waals surface area (Å²) in [6.07, 6.45) is 7.67. The number of ether oxygens (including phenoxy) is 1. The Kier molecular flexibility index (Phi) is 8.47. The molecule has 35 heavy (non-hydrogen) atoms. The van der Waals surface area contributed by atoms with Crippen molar-refractivity contribution in [2.24, 2.45) is 0 Å². The number of hydrogen-bond acceptors (Lipinski definition) is 5. The van der Waals surface area contributed by atoms with Gasteiger partial charge in [-0.05, 0) is 55.3 Å². The highest BCUT2D eigenvalue weighted by atomic mass is 32.2. The van der Waals surface area contributed by atoms with Crippen LogP contribution in [0.2, 0.25) is 0 Å². The first kappa shape index (κ1) is 24.9. The molecule has 7 nitrogen and oxygen atoms in total. The van der Waals surface area contributed by atoms with E-state index in [9.17, 15) is 9.59 Å².